The summed E-state index contributed by atoms with van der Waals surface area (Å²) in [4.78, 5) is 22.9. The molecule has 0 heterocycles. The Bertz CT molecular complexity index is 263. The molecule has 1 fully saturated rings. The molecule has 1 saturated carbocycles. The van der Waals surface area contributed by atoms with Crippen LogP contribution < -0.4 is 11.1 Å². The lowest BCUT2D eigenvalue weighted by molar-refractivity contribution is -0.153. The molecule has 3 N–H and O–H groups in total. The number of hydrogen-bond acceptors (Lipinski definition) is 4. The summed E-state index contributed by atoms with van der Waals surface area (Å²) in [5, 5.41) is 2.65. The summed E-state index contributed by atoms with van der Waals surface area (Å²) in [6, 6.07) is 0. The van der Waals surface area contributed by atoms with E-state index in [1.165, 1.54) is 0 Å². The van der Waals surface area contributed by atoms with Crippen LogP contribution in [0.3, 0.4) is 0 Å². The van der Waals surface area contributed by atoms with Crippen molar-refractivity contribution in [3.8, 4) is 0 Å². The molecule has 5 heteroatoms. The van der Waals surface area contributed by atoms with E-state index >= 15 is 0 Å². The molecule has 1 unspecified atom stereocenters. The lowest BCUT2D eigenvalue weighted by atomic mass is 9.96. The quantitative estimate of drug-likeness (QED) is 0.621. The molecular weight excluding hydrogens is 196 g/mol. The standard InChI is InChI=1S/C10H18N2O3/c1-3-15-9(14)10(2,7-4-5-7)12-8(13)6-11/h7H,3-6,11H2,1-2H3,(H,12,13). The van der Waals surface area contributed by atoms with Crippen LogP contribution in [0.2, 0.25) is 0 Å². The number of hydrogen-bond donors (Lipinski definition) is 2. The molecule has 5 nitrogen and oxygen atoms in total. The van der Waals surface area contributed by atoms with Crippen LogP contribution in [0, 0.1) is 5.92 Å². The van der Waals surface area contributed by atoms with Gasteiger partial charge in [0.05, 0.1) is 13.2 Å². The molecule has 0 bridgehead atoms. The van der Waals surface area contributed by atoms with Crippen molar-refractivity contribution < 1.29 is 14.3 Å². The third-order valence-electron chi connectivity index (χ3n) is 2.68. The van der Waals surface area contributed by atoms with Gasteiger partial charge in [-0.05, 0) is 32.6 Å². The highest BCUT2D eigenvalue weighted by molar-refractivity contribution is 5.89. The van der Waals surface area contributed by atoms with E-state index in [1.54, 1.807) is 13.8 Å². The SMILES string of the molecule is CCOC(=O)C(C)(NC(=O)CN)C1CC1. The van der Waals surface area contributed by atoms with Gasteiger partial charge in [0.15, 0.2) is 0 Å². The maximum absolute atomic E-state index is 11.7. The fourth-order valence-electron chi connectivity index (χ4n) is 1.60. The molecule has 86 valence electrons. The highest BCUT2D eigenvalue weighted by atomic mass is 16.5. The highest BCUT2D eigenvalue weighted by Crippen LogP contribution is 2.40. The first kappa shape index (κ1) is 12.0. The smallest absolute Gasteiger partial charge is 0.331 e. The molecular formula is C10H18N2O3. The van der Waals surface area contributed by atoms with Crippen molar-refractivity contribution in [1.82, 2.24) is 5.32 Å². The average Bonchev–Trinajstić information content (AvgIpc) is 3.01. The minimum absolute atomic E-state index is 0.109. The molecule has 0 aromatic heterocycles. The van der Waals surface area contributed by atoms with Crippen molar-refractivity contribution in [1.29, 1.82) is 0 Å². The molecule has 1 aliphatic carbocycles. The van der Waals surface area contributed by atoms with Crippen molar-refractivity contribution in [2.24, 2.45) is 11.7 Å². The minimum atomic E-state index is -0.896. The van der Waals surface area contributed by atoms with Crippen molar-refractivity contribution >= 4 is 11.9 Å². The average molecular weight is 214 g/mol. The Balaban J connectivity index is 2.68. The van der Waals surface area contributed by atoms with Crippen LogP contribution >= 0.6 is 0 Å². The second-order valence-electron chi connectivity index (χ2n) is 3.95. The second kappa shape index (κ2) is 4.61. The Morgan fingerprint density at radius 2 is 2.13 bits per heavy atom. The van der Waals surface area contributed by atoms with E-state index < -0.39 is 5.54 Å². The number of nitrogens with two attached hydrogens (primary N) is 1. The van der Waals surface area contributed by atoms with Gasteiger partial charge in [0, 0.05) is 0 Å². The van der Waals surface area contributed by atoms with Gasteiger partial charge in [-0.3, -0.25) is 4.79 Å². The zero-order valence-corrected chi connectivity index (χ0v) is 9.21. The molecule has 1 atom stereocenters. The van der Waals surface area contributed by atoms with Crippen LogP contribution in [0.4, 0.5) is 0 Å². The van der Waals surface area contributed by atoms with Crippen molar-refractivity contribution in [3.05, 3.63) is 0 Å². The predicted octanol–water partition coefficient (Wildman–Crippen LogP) is -0.207. The first-order valence-corrected chi connectivity index (χ1v) is 5.23. The van der Waals surface area contributed by atoms with Crippen LogP contribution in [0.5, 0.6) is 0 Å². The van der Waals surface area contributed by atoms with Crippen molar-refractivity contribution in [3.63, 3.8) is 0 Å². The summed E-state index contributed by atoms with van der Waals surface area (Å²) in [5.41, 5.74) is 4.31. The van der Waals surface area contributed by atoms with Crippen LogP contribution in [0.25, 0.3) is 0 Å². The number of amides is 1. The highest BCUT2D eigenvalue weighted by Gasteiger charge is 2.49. The zero-order valence-electron chi connectivity index (χ0n) is 9.21. The third-order valence-corrected chi connectivity index (χ3v) is 2.68. The Labute approximate surface area is 89.3 Å². The fraction of sp³-hybridized carbons (Fsp3) is 0.800. The number of esters is 1. The molecule has 1 rings (SSSR count). The van der Waals surface area contributed by atoms with Crippen molar-refractivity contribution in [2.75, 3.05) is 13.2 Å². The molecule has 15 heavy (non-hydrogen) atoms. The van der Waals surface area contributed by atoms with E-state index in [2.05, 4.69) is 5.32 Å². The largest absolute Gasteiger partial charge is 0.464 e. The Kier molecular flexibility index (Phi) is 3.68. The Morgan fingerprint density at radius 3 is 2.53 bits per heavy atom. The van der Waals surface area contributed by atoms with Gasteiger partial charge in [-0.1, -0.05) is 0 Å². The van der Waals surface area contributed by atoms with E-state index in [1.807, 2.05) is 0 Å². The zero-order chi connectivity index (χ0) is 11.5. The molecule has 0 radical (unpaired) electrons. The Hall–Kier alpha value is -1.10. The Morgan fingerprint density at radius 1 is 1.53 bits per heavy atom. The summed E-state index contributed by atoms with van der Waals surface area (Å²) >= 11 is 0. The second-order valence-corrected chi connectivity index (χ2v) is 3.95. The number of ether oxygens (including phenoxy) is 1. The van der Waals surface area contributed by atoms with Crippen molar-refractivity contribution in [2.45, 2.75) is 32.2 Å². The van der Waals surface area contributed by atoms with E-state index in [0.717, 1.165) is 12.8 Å². The topological polar surface area (TPSA) is 81.4 Å². The van der Waals surface area contributed by atoms with Gasteiger partial charge in [0.1, 0.15) is 5.54 Å². The first-order chi connectivity index (χ1) is 7.04. The van der Waals surface area contributed by atoms with Crippen LogP contribution in [0.15, 0.2) is 0 Å². The third kappa shape index (κ3) is 2.68. The fourth-order valence-corrected chi connectivity index (χ4v) is 1.60. The molecule has 0 aromatic rings. The van der Waals surface area contributed by atoms with Crippen LogP contribution in [-0.2, 0) is 14.3 Å². The maximum atomic E-state index is 11.7. The van der Waals surface area contributed by atoms with E-state index in [-0.39, 0.29) is 24.3 Å². The molecule has 0 spiro atoms. The number of rotatable bonds is 5. The number of carbonyl (C=O) groups excluding carboxylic acids is 2. The van der Waals surface area contributed by atoms with Gasteiger partial charge in [-0.2, -0.15) is 0 Å². The van der Waals surface area contributed by atoms with E-state index in [4.69, 9.17) is 10.5 Å². The van der Waals surface area contributed by atoms with Gasteiger partial charge in [-0.15, -0.1) is 0 Å². The monoisotopic (exact) mass is 214 g/mol. The first-order valence-electron chi connectivity index (χ1n) is 5.23. The van der Waals surface area contributed by atoms with E-state index in [9.17, 15) is 9.59 Å². The molecule has 0 saturated heterocycles. The van der Waals surface area contributed by atoms with Gasteiger partial charge >= 0.3 is 5.97 Å². The van der Waals surface area contributed by atoms with Gasteiger partial charge < -0.3 is 15.8 Å². The maximum Gasteiger partial charge on any atom is 0.331 e. The van der Waals surface area contributed by atoms with E-state index in [0.29, 0.717) is 6.61 Å². The molecule has 1 aliphatic rings. The summed E-state index contributed by atoms with van der Waals surface area (Å²) in [6.07, 6.45) is 1.89. The molecule has 0 aromatic carbocycles. The van der Waals surface area contributed by atoms with Gasteiger partial charge in [0.2, 0.25) is 5.91 Å². The van der Waals surface area contributed by atoms with Crippen LogP contribution in [-0.4, -0.2) is 30.6 Å². The summed E-state index contributed by atoms with van der Waals surface area (Å²) in [6.45, 7) is 3.66. The molecule has 1 amide bonds. The summed E-state index contributed by atoms with van der Waals surface area (Å²) < 4.78 is 4.96. The number of nitrogens with one attached hydrogen (secondary N) is 1. The van der Waals surface area contributed by atoms with Gasteiger partial charge in [-0.25, -0.2) is 4.79 Å². The van der Waals surface area contributed by atoms with Crippen LogP contribution in [0.1, 0.15) is 26.7 Å². The predicted molar refractivity (Wildman–Crippen MR) is 55.0 cm³/mol. The van der Waals surface area contributed by atoms with Gasteiger partial charge in [0.25, 0.3) is 0 Å². The summed E-state index contributed by atoms with van der Waals surface area (Å²) in [7, 11) is 0. The lowest BCUT2D eigenvalue weighted by Gasteiger charge is -2.28. The summed E-state index contributed by atoms with van der Waals surface area (Å²) in [5.74, 6) is -0.501. The normalized spacial score (nSPS) is 19.1. The number of carbonyl (C=O) groups is 2. The lowest BCUT2D eigenvalue weighted by Crippen LogP contribution is -2.56. The molecule has 0 aliphatic heterocycles. The minimum Gasteiger partial charge on any atom is -0.464 e.